The maximum atomic E-state index is 14.8. The zero-order valence-electron chi connectivity index (χ0n) is 20.0. The zero-order chi connectivity index (χ0) is 26.5. The minimum atomic E-state index is -2.98. The fourth-order valence-electron chi connectivity index (χ4n) is 3.70. The van der Waals surface area contributed by atoms with Crippen LogP contribution in [-0.2, 0) is 14.3 Å². The van der Waals surface area contributed by atoms with Gasteiger partial charge in [-0.25, -0.2) is 13.2 Å². The number of benzene rings is 1. The van der Waals surface area contributed by atoms with Crippen molar-refractivity contribution in [1.82, 2.24) is 20.2 Å². The number of nitrogens with zero attached hydrogens (tertiary/aromatic N) is 4. The van der Waals surface area contributed by atoms with E-state index in [0.29, 0.717) is 5.69 Å². The molecule has 37 heavy (non-hydrogen) atoms. The van der Waals surface area contributed by atoms with E-state index in [1.165, 1.54) is 44.2 Å². The first kappa shape index (κ1) is 25.7. The Labute approximate surface area is 209 Å². The second-order valence-electron chi connectivity index (χ2n) is 7.99. The molecular formula is C24H23F3N6O4. The van der Waals surface area contributed by atoms with E-state index in [2.05, 4.69) is 30.8 Å². The van der Waals surface area contributed by atoms with Crippen LogP contribution in [0.3, 0.4) is 0 Å². The van der Waals surface area contributed by atoms with Gasteiger partial charge in [0.25, 0.3) is 12.7 Å². The molecule has 2 N–H and O–H groups in total. The lowest BCUT2D eigenvalue weighted by Gasteiger charge is -2.24. The Morgan fingerprint density at radius 1 is 1.08 bits per heavy atom. The second kappa shape index (κ2) is 11.1. The average Bonchev–Trinajstić information content (AvgIpc) is 3.42. The van der Waals surface area contributed by atoms with Crippen LogP contribution >= 0.6 is 0 Å². The van der Waals surface area contributed by atoms with Gasteiger partial charge in [0.2, 0.25) is 5.91 Å². The van der Waals surface area contributed by atoms with Crippen molar-refractivity contribution in [3.63, 3.8) is 0 Å². The minimum Gasteiger partial charge on any atom is -0.467 e. The lowest BCUT2D eigenvalue weighted by molar-refractivity contribution is -0.117. The number of hydrogen-bond acceptors (Lipinski definition) is 9. The van der Waals surface area contributed by atoms with Gasteiger partial charge in [0.1, 0.15) is 24.2 Å². The molecule has 0 bridgehead atoms. The number of halogens is 3. The Hall–Kier alpha value is -4.42. The summed E-state index contributed by atoms with van der Waals surface area (Å²) in [6, 6.07) is 4.41. The van der Waals surface area contributed by atoms with Crippen molar-refractivity contribution in [3.05, 3.63) is 77.4 Å². The van der Waals surface area contributed by atoms with Gasteiger partial charge in [0.05, 0.1) is 54.0 Å². The fraction of sp³-hybridized carbons (Fsp3) is 0.292. The Balaban J connectivity index is 1.74. The van der Waals surface area contributed by atoms with Crippen molar-refractivity contribution in [3.8, 4) is 6.01 Å². The predicted octanol–water partition coefficient (Wildman–Crippen LogP) is 4.78. The lowest BCUT2D eigenvalue weighted by atomic mass is 9.99. The molecule has 3 heterocycles. The van der Waals surface area contributed by atoms with E-state index in [-0.39, 0.29) is 28.6 Å². The molecule has 1 unspecified atom stereocenters. The van der Waals surface area contributed by atoms with E-state index in [0.717, 1.165) is 6.07 Å². The summed E-state index contributed by atoms with van der Waals surface area (Å²) in [4.78, 5) is 21.8. The molecule has 1 aromatic carbocycles. The first-order chi connectivity index (χ1) is 17.8. The molecule has 0 saturated carbocycles. The van der Waals surface area contributed by atoms with E-state index in [1.54, 1.807) is 19.9 Å². The molecule has 0 fully saturated rings. The average molecular weight is 516 g/mol. The molecule has 1 aliphatic rings. The molecule has 1 aliphatic heterocycles. The van der Waals surface area contributed by atoms with Crippen LogP contribution in [0.25, 0.3) is 0 Å². The number of amides is 1. The summed E-state index contributed by atoms with van der Waals surface area (Å²) in [5, 5.41) is 13.1. The molecule has 2 aromatic heterocycles. The second-order valence-corrected chi connectivity index (χ2v) is 7.99. The van der Waals surface area contributed by atoms with Gasteiger partial charge >= 0.3 is 6.01 Å². The summed E-state index contributed by atoms with van der Waals surface area (Å²) >= 11 is 0. The van der Waals surface area contributed by atoms with Crippen molar-refractivity contribution in [1.29, 1.82) is 0 Å². The van der Waals surface area contributed by atoms with Crippen LogP contribution in [0, 0.1) is 5.82 Å². The Morgan fingerprint density at radius 2 is 1.81 bits per heavy atom. The third kappa shape index (κ3) is 5.55. The summed E-state index contributed by atoms with van der Waals surface area (Å²) in [6.45, 7) is 3.18. The van der Waals surface area contributed by atoms with E-state index < -0.39 is 42.0 Å². The maximum absolute atomic E-state index is 14.8. The predicted molar refractivity (Wildman–Crippen MR) is 125 cm³/mol. The Kier molecular flexibility index (Phi) is 7.70. The number of alkyl halides is 2. The van der Waals surface area contributed by atoms with Crippen LogP contribution in [0.2, 0.25) is 0 Å². The topological polar surface area (TPSA) is 120 Å². The zero-order valence-corrected chi connectivity index (χ0v) is 20.0. The molecule has 0 spiro atoms. The largest absolute Gasteiger partial charge is 0.467 e. The molecule has 10 nitrogen and oxygen atoms in total. The van der Waals surface area contributed by atoms with Gasteiger partial charge in [-0.2, -0.15) is 20.2 Å². The summed E-state index contributed by atoms with van der Waals surface area (Å²) < 4.78 is 57.6. The quantitative estimate of drug-likeness (QED) is 0.414. The van der Waals surface area contributed by atoms with Crippen LogP contribution in [0.4, 0.5) is 24.7 Å². The van der Waals surface area contributed by atoms with Gasteiger partial charge in [-0.3, -0.25) is 4.79 Å². The lowest BCUT2D eigenvalue weighted by Crippen LogP contribution is -2.24. The number of anilines is 2. The minimum absolute atomic E-state index is 0.00904. The summed E-state index contributed by atoms with van der Waals surface area (Å²) in [5.41, 5.74) is 0.154. The monoisotopic (exact) mass is 516 g/mol. The van der Waals surface area contributed by atoms with Crippen molar-refractivity contribution < 1.29 is 32.2 Å². The van der Waals surface area contributed by atoms with Crippen LogP contribution in [-0.4, -0.2) is 33.2 Å². The molecule has 13 heteroatoms. The molecule has 2 atom stereocenters. The number of aromatic nitrogens is 4. The maximum Gasteiger partial charge on any atom is 0.318 e. The van der Waals surface area contributed by atoms with Gasteiger partial charge in [0.15, 0.2) is 0 Å². The molecule has 4 rings (SSSR count). The molecule has 1 amide bonds. The fourth-order valence-corrected chi connectivity index (χ4v) is 3.70. The molecular weight excluding hydrogens is 493 g/mol. The van der Waals surface area contributed by atoms with E-state index >= 15 is 0 Å². The van der Waals surface area contributed by atoms with Gasteiger partial charge in [-0.15, -0.1) is 0 Å². The normalized spacial score (nSPS) is 14.6. The van der Waals surface area contributed by atoms with Crippen molar-refractivity contribution in [2.24, 2.45) is 0 Å². The summed E-state index contributed by atoms with van der Waals surface area (Å²) in [6.07, 6.45) is 1.42. The number of carbonyl (C=O) groups is 1. The third-order valence-corrected chi connectivity index (χ3v) is 5.60. The van der Waals surface area contributed by atoms with Crippen LogP contribution < -0.4 is 15.4 Å². The number of methoxy groups -OCH3 is 1. The van der Waals surface area contributed by atoms with Gasteiger partial charge in [0, 0.05) is 5.56 Å². The number of carbonyl (C=O) groups excluding carboxylic acids is 1. The highest BCUT2D eigenvalue weighted by atomic mass is 19.3. The Morgan fingerprint density at radius 3 is 2.46 bits per heavy atom. The van der Waals surface area contributed by atoms with Crippen LogP contribution in [0.5, 0.6) is 6.01 Å². The van der Waals surface area contributed by atoms with Gasteiger partial charge < -0.3 is 24.8 Å². The number of ether oxygens (including phenoxy) is 3. The smallest absolute Gasteiger partial charge is 0.318 e. The molecule has 0 aliphatic carbocycles. The van der Waals surface area contributed by atoms with Crippen molar-refractivity contribution in [2.75, 3.05) is 17.7 Å². The molecule has 194 valence electrons. The standard InChI is InChI=1S/C24H23F3N6O4/c1-12(22(34)31-14-7-8-28-29-11-14)19-17(23-36-9-10-37-23)21(33-24(32-19)35-3)30-13(2)15-5-4-6-16(18(15)25)20(26)27/h4-13,20,23H,1-3H3,(H,28,31,34)(H,30,32,33)/t12?,13-/m1/s1. The molecule has 0 saturated heterocycles. The van der Waals surface area contributed by atoms with Gasteiger partial charge in [-0.1, -0.05) is 18.2 Å². The first-order valence-corrected chi connectivity index (χ1v) is 11.1. The highest BCUT2D eigenvalue weighted by Gasteiger charge is 2.33. The SMILES string of the molecule is COc1nc(N[C@H](C)c2cccc(C(F)F)c2F)c(C2OC=CO2)c(C(C)C(=O)Nc2ccnnc2)n1. The van der Waals surface area contributed by atoms with Crippen molar-refractivity contribution in [2.45, 2.75) is 38.5 Å². The van der Waals surface area contributed by atoms with E-state index in [1.807, 2.05) is 0 Å². The Bertz CT molecular complexity index is 1290. The van der Waals surface area contributed by atoms with E-state index in [4.69, 9.17) is 14.2 Å². The van der Waals surface area contributed by atoms with Crippen LogP contribution in [0.1, 0.15) is 60.9 Å². The van der Waals surface area contributed by atoms with Gasteiger partial charge in [-0.05, 0) is 19.9 Å². The highest BCUT2D eigenvalue weighted by molar-refractivity contribution is 5.95. The first-order valence-electron chi connectivity index (χ1n) is 11.1. The molecule has 0 radical (unpaired) electrons. The van der Waals surface area contributed by atoms with E-state index in [9.17, 15) is 18.0 Å². The number of nitrogens with one attached hydrogen (secondary N) is 2. The van der Waals surface area contributed by atoms with Crippen molar-refractivity contribution >= 4 is 17.4 Å². The summed E-state index contributed by atoms with van der Waals surface area (Å²) in [7, 11) is 1.34. The molecule has 3 aromatic rings. The summed E-state index contributed by atoms with van der Waals surface area (Å²) in [5.74, 6) is -2.23. The third-order valence-electron chi connectivity index (χ3n) is 5.60. The number of hydrogen-bond donors (Lipinski definition) is 2. The highest BCUT2D eigenvalue weighted by Crippen LogP contribution is 2.38. The van der Waals surface area contributed by atoms with Crippen LogP contribution in [0.15, 0.2) is 49.2 Å². The number of rotatable bonds is 9.